The molecule has 0 fully saturated rings. The average Bonchev–Trinajstić information content (AvgIpc) is 2.24. The third kappa shape index (κ3) is 3.68. The van der Waals surface area contributed by atoms with Gasteiger partial charge in [0.05, 0.1) is 9.76 Å². The van der Waals surface area contributed by atoms with Crippen molar-refractivity contribution in [2.24, 2.45) is 10.9 Å². The van der Waals surface area contributed by atoms with Crippen LogP contribution >= 0.6 is 22.6 Å². The largest absolute Gasteiger partial charge is 0.300 e. The molecule has 0 saturated carbocycles. The molecule has 0 bridgehead atoms. The zero-order valence-corrected chi connectivity index (χ0v) is 12.7. The van der Waals surface area contributed by atoms with Gasteiger partial charge in [0.2, 0.25) is 0 Å². The Morgan fingerprint density at radius 3 is 2.69 bits per heavy atom. The summed E-state index contributed by atoms with van der Waals surface area (Å²) >= 11 is 2.32. The molecule has 1 heterocycles. The van der Waals surface area contributed by atoms with Gasteiger partial charge in [0.1, 0.15) is 5.78 Å². The number of Topliss-reactive ketones (excluding diaryl/α,β-unsaturated/α-hetero) is 1. The lowest BCUT2D eigenvalue weighted by molar-refractivity contribution is -0.117. The Morgan fingerprint density at radius 1 is 1.56 bits per heavy atom. The van der Waals surface area contributed by atoms with Gasteiger partial charge in [-0.2, -0.15) is 0 Å². The van der Waals surface area contributed by atoms with E-state index in [2.05, 4.69) is 43.4 Å². The average molecular weight is 333 g/mol. The van der Waals surface area contributed by atoms with E-state index >= 15 is 0 Å². The van der Waals surface area contributed by atoms with Gasteiger partial charge in [-0.05, 0) is 60.8 Å². The van der Waals surface area contributed by atoms with Gasteiger partial charge in [-0.25, -0.2) is 0 Å². The smallest absolute Gasteiger partial charge is 0.131 e. The number of hydrogen-bond acceptors (Lipinski definition) is 2. The third-order valence-corrected chi connectivity index (χ3v) is 3.79. The number of carbonyl (C=O) groups excluding carboxylic acids is 1. The molecule has 0 aromatic heterocycles. The van der Waals surface area contributed by atoms with Crippen LogP contribution in [0.2, 0.25) is 0 Å². The fraction of sp³-hybridized carbons (Fsp3) is 0.692. The Hall–Kier alpha value is -0.190. The molecule has 0 radical (unpaired) electrons. The van der Waals surface area contributed by atoms with Crippen LogP contribution in [-0.2, 0) is 4.79 Å². The molecule has 0 aromatic rings. The van der Waals surface area contributed by atoms with E-state index in [1.807, 2.05) is 0 Å². The first-order valence-corrected chi connectivity index (χ1v) is 6.92. The monoisotopic (exact) mass is 333 g/mol. The van der Waals surface area contributed by atoms with Crippen molar-refractivity contribution in [2.75, 3.05) is 0 Å². The predicted molar refractivity (Wildman–Crippen MR) is 77.3 cm³/mol. The lowest BCUT2D eigenvalue weighted by Gasteiger charge is -2.12. The first kappa shape index (κ1) is 13.9. The Kier molecular flexibility index (Phi) is 5.15. The van der Waals surface area contributed by atoms with Gasteiger partial charge in [0.25, 0.3) is 0 Å². The van der Waals surface area contributed by atoms with Crippen molar-refractivity contribution in [1.29, 1.82) is 0 Å². The first-order valence-electron chi connectivity index (χ1n) is 5.84. The van der Waals surface area contributed by atoms with Crippen molar-refractivity contribution in [3.63, 3.8) is 0 Å². The van der Waals surface area contributed by atoms with Gasteiger partial charge < -0.3 is 0 Å². The van der Waals surface area contributed by atoms with Crippen molar-refractivity contribution in [3.8, 4) is 0 Å². The number of nitrogens with zero attached hydrogens (tertiary/aromatic N) is 1. The summed E-state index contributed by atoms with van der Waals surface area (Å²) in [5, 5.41) is 0. The van der Waals surface area contributed by atoms with Gasteiger partial charge >= 0.3 is 0 Å². The summed E-state index contributed by atoms with van der Waals surface area (Å²) in [6.07, 6.45) is 2.67. The van der Waals surface area contributed by atoms with Crippen molar-refractivity contribution < 1.29 is 4.79 Å². The number of hydrogen-bond donors (Lipinski definition) is 0. The van der Waals surface area contributed by atoms with E-state index in [0.29, 0.717) is 12.3 Å². The Morgan fingerprint density at radius 2 is 2.19 bits per heavy atom. The van der Waals surface area contributed by atoms with Crippen LogP contribution < -0.4 is 0 Å². The molecule has 3 heteroatoms. The highest BCUT2D eigenvalue weighted by Crippen LogP contribution is 2.28. The fourth-order valence-corrected chi connectivity index (χ4v) is 3.68. The summed E-state index contributed by atoms with van der Waals surface area (Å²) in [4.78, 5) is 15.8. The summed E-state index contributed by atoms with van der Waals surface area (Å²) in [7, 11) is 0. The molecule has 1 unspecified atom stereocenters. The van der Waals surface area contributed by atoms with Crippen LogP contribution in [0.5, 0.6) is 0 Å². The summed E-state index contributed by atoms with van der Waals surface area (Å²) in [6.45, 7) is 8.26. The molecule has 0 aliphatic carbocycles. The van der Waals surface area contributed by atoms with E-state index in [0.717, 1.165) is 16.6 Å². The first-order chi connectivity index (χ1) is 7.41. The summed E-state index contributed by atoms with van der Waals surface area (Å²) < 4.78 is 1.11. The van der Waals surface area contributed by atoms with Crippen LogP contribution in [0.1, 0.15) is 47.0 Å². The Bertz CT molecular complexity index is 342. The summed E-state index contributed by atoms with van der Waals surface area (Å²) in [5.74, 6) is 0.760. The van der Waals surface area contributed by atoms with Crippen molar-refractivity contribution in [2.45, 2.75) is 53.0 Å². The van der Waals surface area contributed by atoms with Crippen molar-refractivity contribution in [3.05, 3.63) is 11.1 Å². The molecule has 0 spiro atoms. The number of halogens is 1. The van der Waals surface area contributed by atoms with Gasteiger partial charge in [-0.15, -0.1) is 0 Å². The number of rotatable bonds is 3. The Labute approximate surface area is 112 Å². The SMILES string of the molecule is CC(=O)CC1CCC(C)=C(C(C)C)C(I)=N1. The van der Waals surface area contributed by atoms with E-state index in [1.165, 1.54) is 11.1 Å². The lowest BCUT2D eigenvalue weighted by atomic mass is 9.96. The van der Waals surface area contributed by atoms with Crippen LogP contribution in [0, 0.1) is 5.92 Å². The van der Waals surface area contributed by atoms with Gasteiger partial charge in [-0.1, -0.05) is 19.4 Å². The molecule has 1 atom stereocenters. The van der Waals surface area contributed by atoms with Gasteiger partial charge in [0.15, 0.2) is 0 Å². The number of carbonyl (C=O) groups is 1. The molecule has 0 N–H and O–H groups in total. The van der Waals surface area contributed by atoms with Gasteiger partial charge in [-0.3, -0.25) is 9.79 Å². The quantitative estimate of drug-likeness (QED) is 0.720. The van der Waals surface area contributed by atoms with E-state index in [-0.39, 0.29) is 11.8 Å². The molecule has 1 aliphatic heterocycles. The normalized spacial score (nSPS) is 22.1. The number of aliphatic imine (C=N–C) groups is 1. The number of allylic oxidation sites excluding steroid dienone is 2. The highest BCUT2D eigenvalue weighted by Gasteiger charge is 2.20. The van der Waals surface area contributed by atoms with Crippen LogP contribution in [0.15, 0.2) is 16.1 Å². The summed E-state index contributed by atoms with van der Waals surface area (Å²) in [5.41, 5.74) is 2.82. The molecule has 2 nitrogen and oxygen atoms in total. The van der Waals surface area contributed by atoms with Crippen molar-refractivity contribution in [1.82, 2.24) is 0 Å². The Balaban J connectivity index is 2.91. The second-order valence-corrected chi connectivity index (χ2v) is 5.89. The molecular weight excluding hydrogens is 313 g/mol. The third-order valence-electron chi connectivity index (χ3n) is 2.93. The second-order valence-electron chi connectivity index (χ2n) is 4.87. The molecule has 1 rings (SSSR count). The minimum atomic E-state index is 0.190. The topological polar surface area (TPSA) is 29.4 Å². The maximum Gasteiger partial charge on any atom is 0.131 e. The lowest BCUT2D eigenvalue weighted by Crippen LogP contribution is -2.10. The summed E-state index contributed by atoms with van der Waals surface area (Å²) in [6, 6.07) is 0.190. The molecule has 0 saturated heterocycles. The molecule has 0 amide bonds. The zero-order chi connectivity index (χ0) is 12.3. The van der Waals surface area contributed by atoms with Crippen molar-refractivity contribution >= 4 is 32.1 Å². The minimum absolute atomic E-state index is 0.190. The van der Waals surface area contributed by atoms with E-state index in [1.54, 1.807) is 6.92 Å². The maximum absolute atomic E-state index is 11.1. The highest BCUT2D eigenvalue weighted by molar-refractivity contribution is 14.1. The van der Waals surface area contributed by atoms with Crippen LogP contribution in [0.4, 0.5) is 0 Å². The van der Waals surface area contributed by atoms with Crippen LogP contribution in [-0.4, -0.2) is 15.5 Å². The maximum atomic E-state index is 11.1. The second kappa shape index (κ2) is 5.94. The molecular formula is C13H20INO. The van der Waals surface area contributed by atoms with Crippen LogP contribution in [0.3, 0.4) is 0 Å². The molecule has 16 heavy (non-hydrogen) atoms. The molecule has 90 valence electrons. The number of ketones is 1. The molecule has 1 aliphatic rings. The van der Waals surface area contributed by atoms with Gasteiger partial charge in [0, 0.05) is 6.42 Å². The van der Waals surface area contributed by atoms with E-state index < -0.39 is 0 Å². The predicted octanol–water partition coefficient (Wildman–Crippen LogP) is 3.93. The minimum Gasteiger partial charge on any atom is -0.300 e. The standard InChI is InChI=1S/C13H20INO/c1-8(2)12-9(3)5-6-11(7-10(4)16)15-13(12)14/h8,11H,5-7H2,1-4H3. The fourth-order valence-electron chi connectivity index (χ4n) is 2.20. The highest BCUT2D eigenvalue weighted by atomic mass is 127. The van der Waals surface area contributed by atoms with E-state index in [4.69, 9.17) is 4.99 Å². The molecule has 0 aromatic carbocycles. The zero-order valence-electron chi connectivity index (χ0n) is 10.5. The van der Waals surface area contributed by atoms with Crippen LogP contribution in [0.25, 0.3) is 0 Å². The van der Waals surface area contributed by atoms with E-state index in [9.17, 15) is 4.79 Å².